The van der Waals surface area contributed by atoms with Crippen LogP contribution in [0.3, 0.4) is 0 Å². The number of carbonyl (C=O) groups is 1. The highest BCUT2D eigenvalue weighted by Crippen LogP contribution is 2.49. The van der Waals surface area contributed by atoms with Crippen LogP contribution < -0.4 is 0 Å². The van der Waals surface area contributed by atoms with Gasteiger partial charge in [0.05, 0.1) is 0 Å². The molecule has 104 valence electrons. The molecule has 2 atom stereocenters. The minimum atomic E-state index is 0.134. The van der Waals surface area contributed by atoms with Crippen LogP contribution >= 0.6 is 15.9 Å². The summed E-state index contributed by atoms with van der Waals surface area (Å²) in [6.07, 6.45) is 2.81. The number of fused-ring (bicyclic) bond motifs is 1. The first-order valence-electron chi connectivity index (χ1n) is 7.10. The molecule has 21 heavy (non-hydrogen) atoms. The third kappa shape index (κ3) is 2.22. The highest BCUT2D eigenvalue weighted by Gasteiger charge is 2.44. The van der Waals surface area contributed by atoms with Crippen molar-refractivity contribution >= 4 is 32.6 Å². The number of carbonyl (C=O) groups excluding carboxylic acids is 1. The van der Waals surface area contributed by atoms with Crippen LogP contribution in [-0.2, 0) is 0 Å². The van der Waals surface area contributed by atoms with Crippen LogP contribution in [0.5, 0.6) is 0 Å². The van der Waals surface area contributed by atoms with Crippen molar-refractivity contribution < 1.29 is 4.79 Å². The number of benzene rings is 2. The minimum absolute atomic E-state index is 0.134. The maximum atomic E-state index is 12.7. The van der Waals surface area contributed by atoms with Crippen LogP contribution in [0.25, 0.3) is 10.9 Å². The number of nitrogens with one attached hydrogen (secondary N) is 1. The van der Waals surface area contributed by atoms with Gasteiger partial charge in [-0.2, -0.15) is 0 Å². The van der Waals surface area contributed by atoms with E-state index in [-0.39, 0.29) is 11.7 Å². The second-order valence-electron chi connectivity index (χ2n) is 5.62. The SMILES string of the molecule is O=C(c1c[nH]c2cc(Br)ccc12)C1CC1c1ccccc1. The zero-order chi connectivity index (χ0) is 14.4. The van der Waals surface area contributed by atoms with Crippen molar-refractivity contribution in [3.63, 3.8) is 0 Å². The topological polar surface area (TPSA) is 32.9 Å². The average Bonchev–Trinajstić information content (AvgIpc) is 3.21. The molecule has 1 fully saturated rings. The zero-order valence-corrected chi connectivity index (χ0v) is 12.9. The summed E-state index contributed by atoms with van der Waals surface area (Å²) in [6.45, 7) is 0. The molecule has 0 amide bonds. The maximum absolute atomic E-state index is 12.7. The molecule has 2 unspecified atom stereocenters. The standard InChI is InChI=1S/C18H14BrNO/c19-12-6-7-13-16(10-20-17(13)8-12)18(21)15-9-14(15)11-4-2-1-3-5-11/h1-8,10,14-15,20H,9H2. The van der Waals surface area contributed by atoms with E-state index in [0.717, 1.165) is 27.4 Å². The first-order valence-corrected chi connectivity index (χ1v) is 7.89. The Kier molecular flexibility index (Phi) is 2.96. The van der Waals surface area contributed by atoms with Crippen molar-refractivity contribution in [3.05, 3.63) is 70.3 Å². The number of rotatable bonds is 3. The Balaban J connectivity index is 1.63. The van der Waals surface area contributed by atoms with Crippen LogP contribution in [0.2, 0.25) is 0 Å². The Morgan fingerprint density at radius 3 is 2.76 bits per heavy atom. The van der Waals surface area contributed by atoms with E-state index in [1.165, 1.54) is 5.56 Å². The highest BCUT2D eigenvalue weighted by atomic mass is 79.9. The zero-order valence-electron chi connectivity index (χ0n) is 11.3. The fourth-order valence-electron chi connectivity index (χ4n) is 3.06. The fourth-order valence-corrected chi connectivity index (χ4v) is 3.42. The molecular formula is C18H14BrNO. The average molecular weight is 340 g/mol. The van der Waals surface area contributed by atoms with Crippen molar-refractivity contribution in [1.29, 1.82) is 0 Å². The smallest absolute Gasteiger partial charge is 0.168 e. The fraction of sp³-hybridized carbons (Fsp3) is 0.167. The lowest BCUT2D eigenvalue weighted by atomic mass is 10.0. The molecule has 0 aliphatic heterocycles. The van der Waals surface area contributed by atoms with Crippen LogP contribution in [0, 0.1) is 5.92 Å². The monoisotopic (exact) mass is 339 g/mol. The molecule has 2 aromatic carbocycles. The van der Waals surface area contributed by atoms with Gasteiger partial charge in [0, 0.05) is 33.1 Å². The lowest BCUT2D eigenvalue weighted by Gasteiger charge is -2.00. The van der Waals surface area contributed by atoms with Gasteiger partial charge in [0.25, 0.3) is 0 Å². The lowest BCUT2D eigenvalue weighted by Crippen LogP contribution is -2.02. The molecule has 0 radical (unpaired) electrons. The van der Waals surface area contributed by atoms with Gasteiger partial charge in [0.2, 0.25) is 0 Å². The van der Waals surface area contributed by atoms with Crippen LogP contribution in [0.1, 0.15) is 28.3 Å². The molecule has 1 aliphatic carbocycles. The van der Waals surface area contributed by atoms with E-state index < -0.39 is 0 Å². The quantitative estimate of drug-likeness (QED) is 0.675. The number of aromatic nitrogens is 1. The molecule has 0 spiro atoms. The second kappa shape index (κ2) is 4.85. The van der Waals surface area contributed by atoms with Gasteiger partial charge in [-0.15, -0.1) is 0 Å². The van der Waals surface area contributed by atoms with E-state index >= 15 is 0 Å². The Bertz CT molecular complexity index is 822. The summed E-state index contributed by atoms with van der Waals surface area (Å²) >= 11 is 3.46. The molecule has 1 heterocycles. The van der Waals surface area contributed by atoms with E-state index in [2.05, 4.69) is 33.0 Å². The second-order valence-corrected chi connectivity index (χ2v) is 6.53. The van der Waals surface area contributed by atoms with Gasteiger partial charge >= 0.3 is 0 Å². The number of ketones is 1. The molecule has 2 nitrogen and oxygen atoms in total. The molecule has 3 aromatic rings. The minimum Gasteiger partial charge on any atom is -0.360 e. The summed E-state index contributed by atoms with van der Waals surface area (Å²) in [5.41, 5.74) is 3.10. The summed E-state index contributed by atoms with van der Waals surface area (Å²) in [6, 6.07) is 16.3. The van der Waals surface area contributed by atoms with Gasteiger partial charge in [-0.1, -0.05) is 52.3 Å². The van der Waals surface area contributed by atoms with Gasteiger partial charge < -0.3 is 4.98 Å². The summed E-state index contributed by atoms with van der Waals surface area (Å²) in [4.78, 5) is 15.9. The van der Waals surface area contributed by atoms with Gasteiger partial charge in [-0.3, -0.25) is 4.79 Å². The molecule has 1 N–H and O–H groups in total. The van der Waals surface area contributed by atoms with Crippen molar-refractivity contribution in [2.45, 2.75) is 12.3 Å². The third-order valence-corrected chi connectivity index (χ3v) is 4.76. The number of halogens is 1. The molecule has 1 aliphatic rings. The number of aromatic amines is 1. The number of Topliss-reactive ketones (excluding diaryl/α,β-unsaturated/α-hetero) is 1. The molecule has 0 bridgehead atoms. The van der Waals surface area contributed by atoms with Crippen molar-refractivity contribution in [2.75, 3.05) is 0 Å². The lowest BCUT2D eigenvalue weighted by molar-refractivity contribution is 0.0967. The van der Waals surface area contributed by atoms with Crippen molar-refractivity contribution in [3.8, 4) is 0 Å². The summed E-state index contributed by atoms with van der Waals surface area (Å²) < 4.78 is 1.02. The van der Waals surface area contributed by atoms with Crippen LogP contribution in [0.4, 0.5) is 0 Å². The molecular weight excluding hydrogens is 326 g/mol. The van der Waals surface area contributed by atoms with Gasteiger partial charge in [0.1, 0.15) is 0 Å². The van der Waals surface area contributed by atoms with E-state index in [9.17, 15) is 4.79 Å². The molecule has 3 heteroatoms. The Hall–Kier alpha value is -1.87. The summed E-state index contributed by atoms with van der Waals surface area (Å²) in [5.74, 6) is 0.784. The largest absolute Gasteiger partial charge is 0.360 e. The highest BCUT2D eigenvalue weighted by molar-refractivity contribution is 9.10. The van der Waals surface area contributed by atoms with E-state index in [4.69, 9.17) is 0 Å². The van der Waals surface area contributed by atoms with E-state index in [1.54, 1.807) is 0 Å². The Labute approximate surface area is 131 Å². The van der Waals surface area contributed by atoms with Gasteiger partial charge in [-0.05, 0) is 30.0 Å². The number of hydrogen-bond acceptors (Lipinski definition) is 1. The third-order valence-electron chi connectivity index (χ3n) is 4.26. The van der Waals surface area contributed by atoms with Gasteiger partial charge in [0.15, 0.2) is 5.78 Å². The summed E-state index contributed by atoms with van der Waals surface area (Å²) in [7, 11) is 0. The maximum Gasteiger partial charge on any atom is 0.168 e. The molecule has 1 saturated carbocycles. The molecule has 4 rings (SSSR count). The van der Waals surface area contributed by atoms with Crippen LogP contribution in [0.15, 0.2) is 59.2 Å². The van der Waals surface area contributed by atoms with Gasteiger partial charge in [-0.25, -0.2) is 0 Å². The Morgan fingerprint density at radius 1 is 1.14 bits per heavy atom. The number of H-pyrrole nitrogens is 1. The first kappa shape index (κ1) is 12.8. The van der Waals surface area contributed by atoms with Crippen LogP contribution in [-0.4, -0.2) is 10.8 Å². The van der Waals surface area contributed by atoms with Crippen molar-refractivity contribution in [1.82, 2.24) is 4.98 Å². The van der Waals surface area contributed by atoms with Crippen molar-refractivity contribution in [2.24, 2.45) is 5.92 Å². The predicted octanol–water partition coefficient (Wildman–Crippen LogP) is 4.92. The van der Waals surface area contributed by atoms with E-state index in [0.29, 0.717) is 5.92 Å². The summed E-state index contributed by atoms with van der Waals surface area (Å²) in [5, 5.41) is 1.02. The normalized spacial score (nSPS) is 20.6. The molecule has 0 saturated heterocycles. The van der Waals surface area contributed by atoms with E-state index in [1.807, 2.05) is 42.6 Å². The first-order chi connectivity index (χ1) is 10.2. The predicted molar refractivity (Wildman–Crippen MR) is 87.6 cm³/mol. The Morgan fingerprint density at radius 2 is 1.95 bits per heavy atom. The molecule has 1 aromatic heterocycles. The number of hydrogen-bond donors (Lipinski definition) is 1.